The maximum atomic E-state index is 5.91. The van der Waals surface area contributed by atoms with E-state index in [-0.39, 0.29) is 35.4 Å². The van der Waals surface area contributed by atoms with E-state index in [1.165, 1.54) is 38.5 Å². The van der Waals surface area contributed by atoms with Gasteiger partial charge in [-0.15, -0.1) is 0 Å². The number of hydrogen-bond acceptors (Lipinski definition) is 3. The van der Waals surface area contributed by atoms with Crippen molar-refractivity contribution >= 4 is 29.3 Å². The van der Waals surface area contributed by atoms with E-state index in [4.69, 9.17) is 13.3 Å². The summed E-state index contributed by atoms with van der Waals surface area (Å²) in [7, 11) is -0.936. The minimum atomic E-state index is -0.345. The van der Waals surface area contributed by atoms with Crippen LogP contribution in [0.4, 0.5) is 0 Å². The van der Waals surface area contributed by atoms with Gasteiger partial charge in [0.1, 0.15) is 0 Å². The van der Waals surface area contributed by atoms with Crippen LogP contribution in [0.3, 0.4) is 0 Å². The first-order chi connectivity index (χ1) is 10.3. The molecule has 0 amide bonds. The summed E-state index contributed by atoms with van der Waals surface area (Å²) in [5, 5.41) is 0. The SMILES string of the molecule is CCCC(CCCCCC(C=CO[SiH2]C)O[SiH2]C)O[SiH2]C. The van der Waals surface area contributed by atoms with Crippen LogP contribution in [-0.2, 0) is 13.3 Å². The summed E-state index contributed by atoms with van der Waals surface area (Å²) < 4.78 is 17.2. The normalized spacial score (nSPS) is 16.2. The third-order valence-corrected chi connectivity index (χ3v) is 5.56. The average Bonchev–Trinajstić information content (AvgIpc) is 2.47. The molecule has 0 fully saturated rings. The van der Waals surface area contributed by atoms with Crippen LogP contribution in [0, 0.1) is 0 Å². The molecule has 0 aromatic rings. The van der Waals surface area contributed by atoms with E-state index in [2.05, 4.69) is 32.6 Å². The van der Waals surface area contributed by atoms with Crippen LogP contribution in [0.1, 0.15) is 51.9 Å². The molecule has 0 spiro atoms. The minimum Gasteiger partial charge on any atom is -0.555 e. The molecule has 21 heavy (non-hydrogen) atoms. The molecule has 0 aliphatic carbocycles. The molecule has 0 saturated carbocycles. The number of hydrogen-bond donors (Lipinski definition) is 0. The van der Waals surface area contributed by atoms with Gasteiger partial charge in [-0.1, -0.05) is 45.7 Å². The van der Waals surface area contributed by atoms with Gasteiger partial charge in [-0.05, 0) is 31.9 Å². The summed E-state index contributed by atoms with van der Waals surface area (Å²) in [6.45, 7) is 8.81. The number of unbranched alkanes of at least 4 members (excludes halogenated alkanes) is 2. The van der Waals surface area contributed by atoms with E-state index in [0.29, 0.717) is 6.10 Å². The zero-order chi connectivity index (χ0) is 15.8. The lowest BCUT2D eigenvalue weighted by atomic mass is 10.0. The van der Waals surface area contributed by atoms with Crippen LogP contribution < -0.4 is 0 Å². The topological polar surface area (TPSA) is 27.7 Å². The Bertz CT molecular complexity index is 234. The highest BCUT2D eigenvalue weighted by molar-refractivity contribution is 6.25. The van der Waals surface area contributed by atoms with Gasteiger partial charge >= 0.3 is 0 Å². The summed E-state index contributed by atoms with van der Waals surface area (Å²) in [6.07, 6.45) is 13.5. The zero-order valence-corrected chi connectivity index (χ0v) is 18.8. The monoisotopic (exact) mass is 348 g/mol. The molecule has 0 N–H and O–H groups in total. The molecule has 2 unspecified atom stereocenters. The van der Waals surface area contributed by atoms with Crippen molar-refractivity contribution in [2.24, 2.45) is 0 Å². The lowest BCUT2D eigenvalue weighted by molar-refractivity contribution is 0.184. The summed E-state index contributed by atoms with van der Waals surface area (Å²) >= 11 is 0. The van der Waals surface area contributed by atoms with Gasteiger partial charge in [0.05, 0.1) is 12.4 Å². The Labute approximate surface area is 139 Å². The summed E-state index contributed by atoms with van der Waals surface area (Å²) in [5.74, 6) is 0. The number of rotatable bonds is 15. The van der Waals surface area contributed by atoms with Crippen molar-refractivity contribution < 1.29 is 13.3 Å². The predicted molar refractivity (Wildman–Crippen MR) is 101 cm³/mol. The molecule has 0 rings (SSSR count). The van der Waals surface area contributed by atoms with Gasteiger partial charge in [0.15, 0.2) is 19.5 Å². The molecule has 6 heteroatoms. The van der Waals surface area contributed by atoms with Crippen molar-refractivity contribution in [3.63, 3.8) is 0 Å². The van der Waals surface area contributed by atoms with Gasteiger partial charge in [0.25, 0.3) is 0 Å². The first kappa shape index (κ1) is 21.1. The quantitative estimate of drug-likeness (QED) is 0.258. The lowest BCUT2D eigenvalue weighted by Gasteiger charge is -2.17. The van der Waals surface area contributed by atoms with E-state index in [9.17, 15) is 0 Å². The maximum absolute atomic E-state index is 5.91. The second-order valence-corrected chi connectivity index (χ2v) is 8.01. The fourth-order valence-corrected chi connectivity index (χ4v) is 4.27. The Morgan fingerprint density at radius 2 is 1.57 bits per heavy atom. The van der Waals surface area contributed by atoms with Crippen molar-refractivity contribution in [2.75, 3.05) is 0 Å². The smallest absolute Gasteiger partial charge is 0.215 e. The van der Waals surface area contributed by atoms with Gasteiger partial charge in [-0.2, -0.15) is 0 Å². The Morgan fingerprint density at radius 3 is 2.19 bits per heavy atom. The minimum absolute atomic E-state index is 0.260. The van der Waals surface area contributed by atoms with E-state index in [1.807, 2.05) is 6.26 Å². The third-order valence-electron chi connectivity index (χ3n) is 3.46. The molecular weight excluding hydrogens is 312 g/mol. The fourth-order valence-electron chi connectivity index (χ4n) is 2.45. The van der Waals surface area contributed by atoms with Gasteiger partial charge in [-0.25, -0.2) is 0 Å². The van der Waals surface area contributed by atoms with Crippen LogP contribution in [0.15, 0.2) is 12.3 Å². The van der Waals surface area contributed by atoms with Gasteiger partial charge in [0.2, 0.25) is 9.76 Å². The summed E-state index contributed by atoms with van der Waals surface area (Å²) in [4.78, 5) is 0. The molecule has 0 heterocycles. The summed E-state index contributed by atoms with van der Waals surface area (Å²) in [6, 6.07) is 0. The van der Waals surface area contributed by atoms with Crippen molar-refractivity contribution in [3.8, 4) is 0 Å². The molecule has 0 saturated heterocycles. The molecular formula is C15H36O3Si3. The van der Waals surface area contributed by atoms with E-state index >= 15 is 0 Å². The van der Waals surface area contributed by atoms with Crippen LogP contribution in [0.25, 0.3) is 0 Å². The van der Waals surface area contributed by atoms with Crippen LogP contribution in [-0.4, -0.2) is 41.5 Å². The first-order valence-corrected chi connectivity index (χ1v) is 14.8. The van der Waals surface area contributed by atoms with E-state index < -0.39 is 0 Å². The molecule has 0 radical (unpaired) electrons. The van der Waals surface area contributed by atoms with Crippen molar-refractivity contribution in [3.05, 3.63) is 12.3 Å². The molecule has 0 bridgehead atoms. The predicted octanol–water partition coefficient (Wildman–Crippen LogP) is 2.43. The molecule has 3 nitrogen and oxygen atoms in total. The molecule has 0 aromatic heterocycles. The highest BCUT2D eigenvalue weighted by Crippen LogP contribution is 2.14. The van der Waals surface area contributed by atoms with Gasteiger partial charge in [-0.3, -0.25) is 0 Å². The van der Waals surface area contributed by atoms with E-state index in [0.717, 1.165) is 6.42 Å². The van der Waals surface area contributed by atoms with Gasteiger partial charge in [0, 0.05) is 6.10 Å². The Morgan fingerprint density at radius 1 is 0.857 bits per heavy atom. The van der Waals surface area contributed by atoms with E-state index in [1.54, 1.807) is 0 Å². The Kier molecular flexibility index (Phi) is 16.6. The Hall–Kier alpha value is 0.111. The van der Waals surface area contributed by atoms with Gasteiger partial charge < -0.3 is 13.3 Å². The van der Waals surface area contributed by atoms with Crippen LogP contribution in [0.2, 0.25) is 19.6 Å². The second-order valence-electron chi connectivity index (χ2n) is 5.28. The largest absolute Gasteiger partial charge is 0.555 e. The van der Waals surface area contributed by atoms with Crippen molar-refractivity contribution in [1.29, 1.82) is 0 Å². The highest BCUT2D eigenvalue weighted by atomic mass is 28.2. The Balaban J connectivity index is 3.77. The second kappa shape index (κ2) is 16.5. The first-order valence-electron chi connectivity index (χ1n) is 8.79. The molecule has 0 aromatic carbocycles. The van der Waals surface area contributed by atoms with Crippen molar-refractivity contribution in [1.82, 2.24) is 0 Å². The van der Waals surface area contributed by atoms with Crippen molar-refractivity contribution in [2.45, 2.75) is 83.7 Å². The third kappa shape index (κ3) is 13.5. The average molecular weight is 349 g/mol. The standard InChI is InChI=1S/C15H36O3Si3/c1-5-9-14(17-20-3)10-7-6-8-11-15(18-21-4)12-13-16-19-2/h12-15H,5-11,19-21H2,1-4H3. The molecule has 126 valence electrons. The lowest BCUT2D eigenvalue weighted by Crippen LogP contribution is -2.14. The summed E-state index contributed by atoms with van der Waals surface area (Å²) in [5.41, 5.74) is 0. The molecule has 2 atom stereocenters. The maximum Gasteiger partial charge on any atom is 0.215 e. The highest BCUT2D eigenvalue weighted by Gasteiger charge is 2.07. The zero-order valence-electron chi connectivity index (χ0n) is 14.6. The van der Waals surface area contributed by atoms with Crippen LogP contribution in [0.5, 0.6) is 0 Å². The molecule has 0 aliphatic rings. The molecule has 0 aliphatic heterocycles. The van der Waals surface area contributed by atoms with Crippen LogP contribution >= 0.6 is 0 Å². The fraction of sp³-hybridized carbons (Fsp3) is 0.867.